The molecule has 0 heterocycles. The van der Waals surface area contributed by atoms with E-state index >= 15 is 0 Å². The second-order valence-corrected chi connectivity index (χ2v) is 8.82. The quantitative estimate of drug-likeness (QED) is 0.678. The Hall–Kier alpha value is -2.75. The summed E-state index contributed by atoms with van der Waals surface area (Å²) in [5, 5.41) is 2.59. The molecule has 0 aromatic heterocycles. The summed E-state index contributed by atoms with van der Waals surface area (Å²) in [6.07, 6.45) is -3.81. The highest BCUT2D eigenvalue weighted by Gasteiger charge is 2.32. The van der Waals surface area contributed by atoms with Crippen LogP contribution in [0.25, 0.3) is 0 Å². The fraction of sp³-hybridized carbons (Fsp3) is 0.350. The normalized spacial score (nSPS) is 12.9. The van der Waals surface area contributed by atoms with Crippen molar-refractivity contribution in [2.24, 2.45) is 0 Å². The molecule has 0 unspecified atom stereocenters. The van der Waals surface area contributed by atoms with E-state index in [2.05, 4.69) is 5.32 Å². The molecule has 0 spiro atoms. The van der Waals surface area contributed by atoms with Crippen LogP contribution in [0, 0.1) is 6.92 Å². The molecule has 1 amide bonds. The molecule has 2 rings (SSSR count). The molecule has 0 saturated carbocycles. The summed E-state index contributed by atoms with van der Waals surface area (Å²) in [5.74, 6) is -0.0544. The van der Waals surface area contributed by atoms with Crippen molar-refractivity contribution in [1.82, 2.24) is 5.32 Å². The molecule has 1 atom stereocenters. The van der Waals surface area contributed by atoms with Crippen LogP contribution >= 0.6 is 0 Å². The van der Waals surface area contributed by atoms with E-state index in [1.165, 1.54) is 6.07 Å². The molecule has 0 radical (unpaired) electrons. The Labute approximate surface area is 173 Å². The summed E-state index contributed by atoms with van der Waals surface area (Å²) < 4.78 is 69.2. The summed E-state index contributed by atoms with van der Waals surface area (Å²) in [6.45, 7) is 3.08. The van der Waals surface area contributed by atoms with Crippen molar-refractivity contribution in [3.05, 3.63) is 59.7 Å². The lowest BCUT2D eigenvalue weighted by Gasteiger charge is -2.24. The molecule has 0 saturated heterocycles. The molecule has 0 aliphatic carbocycles. The van der Waals surface area contributed by atoms with E-state index in [9.17, 15) is 26.4 Å². The van der Waals surface area contributed by atoms with Gasteiger partial charge in [-0.15, -0.1) is 0 Å². The van der Waals surface area contributed by atoms with Crippen molar-refractivity contribution in [2.75, 3.05) is 23.7 Å². The number of carbonyl (C=O) groups excluding carboxylic acids is 1. The number of rotatable bonds is 8. The Kier molecular flexibility index (Phi) is 7.35. The van der Waals surface area contributed by atoms with Crippen LogP contribution in [0.3, 0.4) is 0 Å². The van der Waals surface area contributed by atoms with Gasteiger partial charge in [-0.1, -0.05) is 23.8 Å². The van der Waals surface area contributed by atoms with Crippen molar-refractivity contribution in [3.63, 3.8) is 0 Å². The SMILES string of the molecule is Cc1ccc(OC[C@H](C)NC(=O)CN(c2cccc(C(F)(F)F)c2)S(C)(=O)=O)cc1. The molecule has 2 aromatic rings. The van der Waals surface area contributed by atoms with Crippen molar-refractivity contribution in [3.8, 4) is 5.75 Å². The predicted molar refractivity (Wildman–Crippen MR) is 108 cm³/mol. The summed E-state index contributed by atoms with van der Waals surface area (Å²) >= 11 is 0. The molecule has 0 fully saturated rings. The molecule has 30 heavy (non-hydrogen) atoms. The number of alkyl halides is 3. The number of ether oxygens (including phenoxy) is 1. The number of sulfonamides is 1. The molecular weight excluding hydrogens is 421 g/mol. The fourth-order valence-corrected chi connectivity index (χ4v) is 3.43. The molecule has 0 bridgehead atoms. The van der Waals surface area contributed by atoms with Crippen LogP contribution in [0.15, 0.2) is 48.5 Å². The maximum Gasteiger partial charge on any atom is 0.416 e. The predicted octanol–water partition coefficient (Wildman–Crippen LogP) is 3.36. The topological polar surface area (TPSA) is 75.7 Å². The first-order chi connectivity index (χ1) is 13.9. The molecular formula is C20H23F3N2O4S. The molecule has 1 N–H and O–H groups in total. The molecule has 164 valence electrons. The summed E-state index contributed by atoms with van der Waals surface area (Å²) in [5.41, 5.74) is -0.181. The van der Waals surface area contributed by atoms with Crippen molar-refractivity contribution >= 4 is 21.6 Å². The summed E-state index contributed by atoms with van der Waals surface area (Å²) in [6, 6.07) is 10.7. The van der Waals surface area contributed by atoms with E-state index in [0.717, 1.165) is 24.0 Å². The number of hydrogen-bond acceptors (Lipinski definition) is 4. The Morgan fingerprint density at radius 2 is 1.80 bits per heavy atom. The lowest BCUT2D eigenvalue weighted by molar-refractivity contribution is -0.137. The second-order valence-electron chi connectivity index (χ2n) is 6.91. The van der Waals surface area contributed by atoms with Crippen LogP contribution in [0.1, 0.15) is 18.1 Å². The fourth-order valence-electron chi connectivity index (χ4n) is 2.59. The number of hydrogen-bond donors (Lipinski definition) is 1. The van der Waals surface area contributed by atoms with Gasteiger partial charge in [0.2, 0.25) is 15.9 Å². The third-order valence-corrected chi connectivity index (χ3v) is 5.22. The maximum absolute atomic E-state index is 12.9. The smallest absolute Gasteiger partial charge is 0.416 e. The lowest BCUT2D eigenvalue weighted by atomic mass is 10.2. The van der Waals surface area contributed by atoms with E-state index in [4.69, 9.17) is 4.74 Å². The summed E-state index contributed by atoms with van der Waals surface area (Å²) in [7, 11) is -4.00. The Morgan fingerprint density at radius 1 is 1.17 bits per heavy atom. The van der Waals surface area contributed by atoms with Crippen LogP contribution in [-0.4, -0.2) is 39.8 Å². The minimum Gasteiger partial charge on any atom is -0.491 e. The van der Waals surface area contributed by atoms with Gasteiger partial charge in [0, 0.05) is 0 Å². The maximum atomic E-state index is 12.9. The minimum absolute atomic E-state index is 0.136. The minimum atomic E-state index is -4.64. The monoisotopic (exact) mass is 444 g/mol. The van der Waals surface area contributed by atoms with Gasteiger partial charge in [0.1, 0.15) is 18.9 Å². The average Bonchev–Trinajstić information content (AvgIpc) is 2.64. The highest BCUT2D eigenvalue weighted by atomic mass is 32.2. The molecule has 0 aliphatic rings. The van der Waals surface area contributed by atoms with E-state index in [0.29, 0.717) is 16.1 Å². The van der Waals surface area contributed by atoms with Crippen LogP contribution in [-0.2, 0) is 21.0 Å². The number of benzene rings is 2. The van der Waals surface area contributed by atoms with Crippen molar-refractivity contribution < 1.29 is 31.1 Å². The zero-order chi connectivity index (χ0) is 22.5. The first-order valence-corrected chi connectivity index (χ1v) is 10.8. The van der Waals surface area contributed by atoms with Crippen LogP contribution in [0.2, 0.25) is 0 Å². The lowest BCUT2D eigenvalue weighted by Crippen LogP contribution is -2.45. The van der Waals surface area contributed by atoms with Crippen molar-refractivity contribution in [2.45, 2.75) is 26.1 Å². The largest absolute Gasteiger partial charge is 0.491 e. The molecule has 6 nitrogen and oxygen atoms in total. The number of carbonyl (C=O) groups is 1. The molecule has 10 heteroatoms. The zero-order valence-electron chi connectivity index (χ0n) is 16.7. The Balaban J connectivity index is 2.04. The number of halogens is 3. The highest BCUT2D eigenvalue weighted by Crippen LogP contribution is 2.32. The Bertz CT molecular complexity index is 976. The van der Waals surface area contributed by atoms with Crippen LogP contribution in [0.4, 0.5) is 18.9 Å². The number of amides is 1. The van der Waals surface area contributed by atoms with E-state index in [-0.39, 0.29) is 12.3 Å². The van der Waals surface area contributed by atoms with E-state index in [1.807, 2.05) is 19.1 Å². The van der Waals surface area contributed by atoms with Gasteiger partial charge in [-0.25, -0.2) is 8.42 Å². The average molecular weight is 444 g/mol. The second kappa shape index (κ2) is 9.38. The first-order valence-electron chi connectivity index (χ1n) is 9.00. The van der Waals surface area contributed by atoms with Crippen LogP contribution in [0.5, 0.6) is 5.75 Å². The van der Waals surface area contributed by atoms with Crippen LogP contribution < -0.4 is 14.4 Å². The van der Waals surface area contributed by atoms with Gasteiger partial charge >= 0.3 is 6.18 Å². The molecule has 0 aliphatic heterocycles. The zero-order valence-corrected chi connectivity index (χ0v) is 17.5. The van der Waals surface area contributed by atoms with Gasteiger partial charge in [-0.2, -0.15) is 13.2 Å². The number of aryl methyl sites for hydroxylation is 1. The standard InChI is InChI=1S/C20H23F3N2O4S/c1-14-7-9-18(10-8-14)29-13-15(2)24-19(26)12-25(30(3,27)28)17-6-4-5-16(11-17)20(21,22)23/h4-11,15H,12-13H2,1-3H3,(H,24,26)/t15-/m0/s1. The third-order valence-electron chi connectivity index (χ3n) is 4.08. The molecule has 2 aromatic carbocycles. The number of nitrogens with zero attached hydrogens (tertiary/aromatic N) is 1. The van der Waals surface area contributed by atoms with Gasteiger partial charge < -0.3 is 10.1 Å². The van der Waals surface area contributed by atoms with Crippen molar-refractivity contribution in [1.29, 1.82) is 0 Å². The first kappa shape index (κ1) is 23.5. The number of anilines is 1. The number of nitrogens with one attached hydrogen (secondary N) is 1. The van der Waals surface area contributed by atoms with Gasteiger partial charge in [-0.3, -0.25) is 9.10 Å². The van der Waals surface area contributed by atoms with Gasteiger partial charge in [-0.05, 0) is 44.2 Å². The summed E-state index contributed by atoms with van der Waals surface area (Å²) in [4.78, 5) is 12.3. The Morgan fingerprint density at radius 3 is 2.37 bits per heavy atom. The van der Waals surface area contributed by atoms with Gasteiger partial charge in [0.25, 0.3) is 0 Å². The third kappa shape index (κ3) is 6.94. The van der Waals surface area contributed by atoms with Gasteiger partial charge in [0.05, 0.1) is 23.5 Å². The van der Waals surface area contributed by atoms with Gasteiger partial charge in [0.15, 0.2) is 0 Å². The highest BCUT2D eigenvalue weighted by molar-refractivity contribution is 7.92. The van der Waals surface area contributed by atoms with E-state index < -0.39 is 40.3 Å². The van der Waals surface area contributed by atoms with E-state index in [1.54, 1.807) is 19.1 Å².